The summed E-state index contributed by atoms with van der Waals surface area (Å²) in [5, 5.41) is 19.0. The average molecular weight is 345 g/mol. The fraction of sp³-hybridized carbons (Fsp3) is 0.375. The highest BCUT2D eigenvalue weighted by atomic mass is 32.2. The first-order chi connectivity index (χ1) is 11.5. The Kier molecular flexibility index (Phi) is 4.53. The van der Waals surface area contributed by atoms with Gasteiger partial charge in [0.1, 0.15) is 11.4 Å². The summed E-state index contributed by atoms with van der Waals surface area (Å²) in [5.41, 5.74) is -0.485. The minimum atomic E-state index is -0.811. The third-order valence-electron chi connectivity index (χ3n) is 3.95. The summed E-state index contributed by atoms with van der Waals surface area (Å²) in [4.78, 5) is 16.2. The van der Waals surface area contributed by atoms with Crippen LogP contribution in [0.1, 0.15) is 19.8 Å². The fourth-order valence-corrected chi connectivity index (χ4v) is 3.02. The highest BCUT2D eigenvalue weighted by Gasteiger charge is 2.42. The molecule has 8 heteroatoms. The second kappa shape index (κ2) is 6.61. The van der Waals surface area contributed by atoms with Crippen molar-refractivity contribution in [1.82, 2.24) is 20.5 Å². The topological polar surface area (TPSA) is 94.5 Å². The lowest BCUT2D eigenvalue weighted by atomic mass is 9.98. The summed E-state index contributed by atoms with van der Waals surface area (Å²) >= 11 is 1.14. The molecule has 0 spiro atoms. The van der Waals surface area contributed by atoms with Crippen molar-refractivity contribution in [3.63, 3.8) is 0 Å². The molecule has 1 heterocycles. The van der Waals surface area contributed by atoms with Crippen molar-refractivity contribution in [2.75, 3.05) is 5.75 Å². The van der Waals surface area contributed by atoms with Gasteiger partial charge in [0.2, 0.25) is 11.1 Å². The van der Waals surface area contributed by atoms with E-state index in [0.29, 0.717) is 16.5 Å². The zero-order valence-electron chi connectivity index (χ0n) is 13.0. The second-order valence-electron chi connectivity index (χ2n) is 5.87. The quantitative estimate of drug-likeness (QED) is 0.785. The lowest BCUT2D eigenvalue weighted by molar-refractivity contribution is -0.119. The van der Waals surface area contributed by atoms with Crippen LogP contribution in [0.15, 0.2) is 29.4 Å². The normalized spacial score (nSPS) is 16.2. The summed E-state index contributed by atoms with van der Waals surface area (Å²) < 4.78 is 13.7. The van der Waals surface area contributed by atoms with Crippen molar-refractivity contribution < 1.29 is 9.18 Å². The summed E-state index contributed by atoms with van der Waals surface area (Å²) in [5.74, 6) is 0.00674. The number of carbonyl (C=O) groups excluding carboxylic acids is 1. The van der Waals surface area contributed by atoms with Crippen LogP contribution in [0.5, 0.6) is 0 Å². The van der Waals surface area contributed by atoms with Crippen LogP contribution in [0.3, 0.4) is 0 Å². The number of amides is 1. The van der Waals surface area contributed by atoms with Crippen molar-refractivity contribution in [2.24, 2.45) is 5.92 Å². The molecule has 0 unspecified atom stereocenters. The Bertz CT molecular complexity index is 798. The summed E-state index contributed by atoms with van der Waals surface area (Å²) in [6.45, 7) is 1.75. The lowest BCUT2D eigenvalue weighted by Gasteiger charge is -2.22. The molecule has 2 aromatic rings. The number of nitriles is 1. The minimum Gasteiger partial charge on any atom is -0.337 e. The largest absolute Gasteiger partial charge is 0.337 e. The van der Waals surface area contributed by atoms with E-state index in [1.165, 1.54) is 6.07 Å². The van der Waals surface area contributed by atoms with E-state index in [-0.39, 0.29) is 17.6 Å². The van der Waals surface area contributed by atoms with Gasteiger partial charge in [-0.3, -0.25) is 9.89 Å². The lowest BCUT2D eigenvalue weighted by Crippen LogP contribution is -2.47. The van der Waals surface area contributed by atoms with Crippen LogP contribution in [0.25, 0.3) is 11.4 Å². The van der Waals surface area contributed by atoms with Crippen molar-refractivity contribution in [2.45, 2.75) is 30.5 Å². The molecule has 1 aliphatic rings. The van der Waals surface area contributed by atoms with E-state index >= 15 is 0 Å². The van der Waals surface area contributed by atoms with Crippen molar-refractivity contribution >= 4 is 17.7 Å². The third-order valence-corrected chi connectivity index (χ3v) is 4.80. The Morgan fingerprint density at radius 3 is 2.96 bits per heavy atom. The monoisotopic (exact) mass is 345 g/mol. The van der Waals surface area contributed by atoms with Gasteiger partial charge in [-0.05, 0) is 37.8 Å². The molecular weight excluding hydrogens is 329 g/mol. The molecule has 1 aliphatic carbocycles. The Hall–Kier alpha value is -2.40. The Morgan fingerprint density at radius 2 is 2.29 bits per heavy atom. The van der Waals surface area contributed by atoms with Gasteiger partial charge in [0.05, 0.1) is 17.4 Å². The van der Waals surface area contributed by atoms with Crippen molar-refractivity contribution in [3.8, 4) is 17.5 Å². The van der Waals surface area contributed by atoms with Gasteiger partial charge in [-0.1, -0.05) is 23.9 Å². The van der Waals surface area contributed by atoms with Gasteiger partial charge in [0.25, 0.3) is 0 Å². The predicted molar refractivity (Wildman–Crippen MR) is 87.4 cm³/mol. The second-order valence-corrected chi connectivity index (χ2v) is 6.81. The van der Waals surface area contributed by atoms with E-state index in [2.05, 4.69) is 26.6 Å². The van der Waals surface area contributed by atoms with Crippen molar-refractivity contribution in [1.29, 1.82) is 5.26 Å². The fourth-order valence-electron chi connectivity index (χ4n) is 2.42. The molecule has 1 amide bonds. The first-order valence-electron chi connectivity index (χ1n) is 7.54. The Labute approximate surface area is 142 Å². The minimum absolute atomic E-state index is 0.0958. The molecule has 1 fully saturated rings. The number of hydrogen-bond donors (Lipinski definition) is 2. The number of aromatic amines is 1. The molecular formula is C16H16FN5OS. The van der Waals surface area contributed by atoms with Gasteiger partial charge in [-0.2, -0.15) is 5.26 Å². The third kappa shape index (κ3) is 3.57. The molecule has 0 aliphatic heterocycles. The number of H-pyrrole nitrogens is 1. The Balaban J connectivity index is 1.59. The van der Waals surface area contributed by atoms with Crippen LogP contribution in [-0.4, -0.2) is 32.4 Å². The number of thioether (sulfide) groups is 1. The predicted octanol–water partition coefficient (Wildman–Crippen LogP) is 2.51. The van der Waals surface area contributed by atoms with Gasteiger partial charge in [-0.25, -0.2) is 9.37 Å². The molecule has 1 saturated carbocycles. The molecule has 1 aromatic carbocycles. The van der Waals surface area contributed by atoms with Gasteiger partial charge >= 0.3 is 0 Å². The molecule has 2 N–H and O–H groups in total. The van der Waals surface area contributed by atoms with Crippen LogP contribution in [0, 0.1) is 23.1 Å². The number of carbonyl (C=O) groups is 1. The maximum atomic E-state index is 13.7. The number of aromatic nitrogens is 3. The van der Waals surface area contributed by atoms with Crippen LogP contribution in [0.4, 0.5) is 4.39 Å². The number of hydrogen-bond acceptors (Lipinski definition) is 5. The maximum absolute atomic E-state index is 13.7. The van der Waals surface area contributed by atoms with Gasteiger partial charge in [0.15, 0.2) is 5.82 Å². The first kappa shape index (κ1) is 16.5. The first-order valence-corrected chi connectivity index (χ1v) is 8.53. The van der Waals surface area contributed by atoms with E-state index in [9.17, 15) is 14.4 Å². The molecule has 0 radical (unpaired) electrons. The van der Waals surface area contributed by atoms with Gasteiger partial charge in [0, 0.05) is 0 Å². The molecule has 24 heavy (non-hydrogen) atoms. The summed E-state index contributed by atoms with van der Waals surface area (Å²) in [7, 11) is 0. The smallest absolute Gasteiger partial charge is 0.231 e. The maximum Gasteiger partial charge on any atom is 0.231 e. The zero-order valence-corrected chi connectivity index (χ0v) is 13.9. The molecule has 6 nitrogen and oxygen atoms in total. The van der Waals surface area contributed by atoms with Crippen LogP contribution in [0.2, 0.25) is 0 Å². The zero-order chi connectivity index (χ0) is 17.2. The molecule has 3 rings (SSSR count). The summed E-state index contributed by atoms with van der Waals surface area (Å²) in [6.07, 6.45) is 1.93. The molecule has 124 valence electrons. The number of benzene rings is 1. The van der Waals surface area contributed by atoms with Crippen LogP contribution in [-0.2, 0) is 4.79 Å². The number of nitrogens with one attached hydrogen (secondary N) is 2. The van der Waals surface area contributed by atoms with Crippen LogP contribution >= 0.6 is 11.8 Å². The standard InChI is InChI=1S/C16H16FN5OS/c1-16(9-18,10-6-7-10)20-13(23)8-24-15-19-14(21-22-15)11-4-2-3-5-12(11)17/h2-5,10H,6-8H2,1H3,(H,20,23)(H,19,21,22)/t16-/m0/s1. The number of rotatable bonds is 6. The SMILES string of the molecule is C[C@@](C#N)(NC(=O)CSc1n[nH]c(-c2ccccc2F)n1)C1CC1. The highest BCUT2D eigenvalue weighted by Crippen LogP contribution is 2.39. The molecule has 0 saturated heterocycles. The van der Waals surface area contributed by atoms with Crippen LogP contribution < -0.4 is 5.32 Å². The molecule has 0 bridgehead atoms. The number of halogens is 1. The molecule has 1 aromatic heterocycles. The van der Waals surface area contributed by atoms with Gasteiger partial charge in [-0.15, -0.1) is 5.10 Å². The number of nitrogens with zero attached hydrogens (tertiary/aromatic N) is 3. The summed E-state index contributed by atoms with van der Waals surface area (Å²) in [6, 6.07) is 8.44. The van der Waals surface area contributed by atoms with Crippen molar-refractivity contribution in [3.05, 3.63) is 30.1 Å². The van der Waals surface area contributed by atoms with E-state index in [1.807, 2.05) is 0 Å². The van der Waals surface area contributed by atoms with E-state index in [1.54, 1.807) is 25.1 Å². The highest BCUT2D eigenvalue weighted by molar-refractivity contribution is 7.99. The van der Waals surface area contributed by atoms with E-state index in [4.69, 9.17) is 0 Å². The van der Waals surface area contributed by atoms with Gasteiger partial charge < -0.3 is 5.32 Å². The molecule has 1 atom stereocenters. The van der Waals surface area contributed by atoms with E-state index < -0.39 is 11.4 Å². The average Bonchev–Trinajstić information content (AvgIpc) is 3.33. The Morgan fingerprint density at radius 1 is 1.54 bits per heavy atom. The van der Waals surface area contributed by atoms with E-state index in [0.717, 1.165) is 24.6 Å².